The number of pyridine rings is 1. The van der Waals surface area contributed by atoms with E-state index >= 15 is 0 Å². The monoisotopic (exact) mass is 490 g/mol. The molecule has 31 heavy (non-hydrogen) atoms. The zero-order valence-electron chi connectivity index (χ0n) is 18.7. The zero-order chi connectivity index (χ0) is 22.4. The summed E-state index contributed by atoms with van der Waals surface area (Å²) in [6, 6.07) is 6.06. The fraction of sp³-hybridized carbons (Fsp3) is 0.522. The van der Waals surface area contributed by atoms with Crippen molar-refractivity contribution in [3.63, 3.8) is 0 Å². The van der Waals surface area contributed by atoms with Crippen LogP contribution in [0.4, 0.5) is 4.79 Å². The van der Waals surface area contributed by atoms with Crippen molar-refractivity contribution < 1.29 is 14.4 Å². The summed E-state index contributed by atoms with van der Waals surface area (Å²) in [6.45, 7) is 8.80. The highest BCUT2D eigenvalue weighted by atomic mass is 79.9. The van der Waals surface area contributed by atoms with E-state index in [1.165, 1.54) is 0 Å². The van der Waals surface area contributed by atoms with E-state index in [0.717, 1.165) is 64.3 Å². The van der Waals surface area contributed by atoms with Gasteiger partial charge in [-0.1, -0.05) is 29.3 Å². The van der Waals surface area contributed by atoms with Crippen LogP contribution in [0.25, 0.3) is 21.9 Å². The average Bonchev–Trinajstić information content (AvgIpc) is 3.05. The smallest absolute Gasteiger partial charge is 0.407 e. The minimum Gasteiger partial charge on any atom is -0.444 e. The van der Waals surface area contributed by atoms with Crippen LogP contribution in [-0.2, 0) is 11.2 Å². The first-order valence-electron chi connectivity index (χ1n) is 10.8. The number of fused-ring (bicyclic) bond motifs is 3. The number of ether oxygens (including phenoxy) is 1. The largest absolute Gasteiger partial charge is 0.444 e. The Kier molecular flexibility index (Phi) is 7.75. The number of aryl methyl sites for hydroxylation is 1. The van der Waals surface area contributed by atoms with Crippen LogP contribution in [0.3, 0.4) is 0 Å². The summed E-state index contributed by atoms with van der Waals surface area (Å²) in [5.74, 6) is 0.918. The predicted octanol–water partition coefficient (Wildman–Crippen LogP) is 5.42. The van der Waals surface area contributed by atoms with E-state index in [0.29, 0.717) is 13.2 Å². The summed E-state index contributed by atoms with van der Waals surface area (Å²) in [7, 11) is 0. The van der Waals surface area contributed by atoms with Gasteiger partial charge in [-0.25, -0.2) is 9.78 Å². The van der Waals surface area contributed by atoms with Crippen LogP contribution in [0.2, 0.25) is 0 Å². The van der Waals surface area contributed by atoms with Crippen molar-refractivity contribution in [3.8, 4) is 0 Å². The summed E-state index contributed by atoms with van der Waals surface area (Å²) >= 11 is 3.51. The maximum Gasteiger partial charge on any atom is 0.407 e. The molecule has 2 aromatic heterocycles. The number of hydrogen-bond donors (Lipinski definition) is 1. The van der Waals surface area contributed by atoms with Gasteiger partial charge in [0.1, 0.15) is 29.1 Å². The second-order valence-electron chi connectivity index (χ2n) is 8.55. The molecule has 7 nitrogen and oxygen atoms in total. The molecule has 1 N–H and O–H groups in total. The minimum absolute atomic E-state index is 0.388. The Labute approximate surface area is 191 Å². The number of benzene rings is 1. The van der Waals surface area contributed by atoms with Crippen LogP contribution >= 0.6 is 15.9 Å². The van der Waals surface area contributed by atoms with E-state index in [9.17, 15) is 4.79 Å². The third-order valence-corrected chi connectivity index (χ3v) is 5.18. The Hall–Kier alpha value is -2.35. The molecule has 0 radical (unpaired) electrons. The highest BCUT2D eigenvalue weighted by Crippen LogP contribution is 2.27. The number of nitrogens with one attached hydrogen (secondary N) is 1. The van der Waals surface area contributed by atoms with E-state index < -0.39 is 5.60 Å². The first-order valence-corrected chi connectivity index (χ1v) is 11.6. The van der Waals surface area contributed by atoms with E-state index in [1.807, 2.05) is 49.9 Å². The maximum atomic E-state index is 11.7. The average molecular weight is 491 g/mol. The van der Waals surface area contributed by atoms with Gasteiger partial charge in [0.05, 0.1) is 11.7 Å². The summed E-state index contributed by atoms with van der Waals surface area (Å²) in [4.78, 5) is 27.3. The molecule has 168 valence electrons. The molecule has 0 unspecified atom stereocenters. The van der Waals surface area contributed by atoms with Crippen LogP contribution in [-0.4, -0.2) is 39.5 Å². The lowest BCUT2D eigenvalue weighted by Gasteiger charge is -2.19. The van der Waals surface area contributed by atoms with Gasteiger partial charge in [0, 0.05) is 22.8 Å². The third-order valence-electron chi connectivity index (χ3n) is 4.68. The Bertz CT molecular complexity index is 1040. The van der Waals surface area contributed by atoms with Gasteiger partial charge in [-0.2, -0.15) is 4.73 Å². The van der Waals surface area contributed by atoms with Crippen molar-refractivity contribution in [2.75, 3.05) is 13.2 Å². The van der Waals surface area contributed by atoms with Crippen LogP contribution in [0.1, 0.15) is 59.2 Å². The standard InChI is InChI=1S/C23H31BrN4O3/c1-5-6-9-20-27-19-15-26-18-14-16(24)10-11-17(18)21(19)28(20)30-13-8-7-12-25-22(29)31-23(2,3)4/h10-11,14-15H,5-9,12-13H2,1-4H3,(H,25,29). The summed E-state index contributed by atoms with van der Waals surface area (Å²) in [5, 5.41) is 3.80. The molecule has 0 atom stereocenters. The van der Waals surface area contributed by atoms with Crippen molar-refractivity contribution in [1.82, 2.24) is 20.0 Å². The topological polar surface area (TPSA) is 78.3 Å². The number of rotatable bonds is 9. The number of halogens is 1. The van der Waals surface area contributed by atoms with E-state index in [-0.39, 0.29) is 6.09 Å². The van der Waals surface area contributed by atoms with Crippen LogP contribution < -0.4 is 10.2 Å². The number of imidazole rings is 1. The lowest BCUT2D eigenvalue weighted by molar-refractivity contribution is 0.0524. The number of hydrogen-bond acceptors (Lipinski definition) is 5. The molecule has 0 fully saturated rings. The molecule has 0 bridgehead atoms. The van der Waals surface area contributed by atoms with E-state index in [4.69, 9.17) is 14.6 Å². The van der Waals surface area contributed by atoms with Gasteiger partial charge >= 0.3 is 6.09 Å². The number of carbonyl (C=O) groups excluding carboxylic acids is 1. The second kappa shape index (κ2) is 10.3. The lowest BCUT2D eigenvalue weighted by Crippen LogP contribution is -2.33. The molecule has 0 saturated carbocycles. The molecule has 0 spiro atoms. The molecule has 8 heteroatoms. The maximum absolute atomic E-state index is 11.7. The molecular formula is C23H31BrN4O3. The molecule has 3 rings (SSSR count). The van der Waals surface area contributed by atoms with Gasteiger partial charge < -0.3 is 14.9 Å². The van der Waals surface area contributed by atoms with Crippen LogP contribution in [0.5, 0.6) is 0 Å². The number of amides is 1. The Morgan fingerprint density at radius 3 is 2.74 bits per heavy atom. The SMILES string of the molecule is CCCCc1nc2cnc3cc(Br)ccc3c2n1OCCCCNC(=O)OC(C)(C)C. The van der Waals surface area contributed by atoms with Crippen molar-refractivity contribution in [2.45, 2.75) is 65.4 Å². The summed E-state index contributed by atoms with van der Waals surface area (Å²) in [6.07, 6.45) is 6.01. The molecule has 1 amide bonds. The number of unbranched alkanes of at least 4 members (excludes halogenated alkanes) is 2. The van der Waals surface area contributed by atoms with Gasteiger partial charge in [0.25, 0.3) is 0 Å². The molecule has 2 heterocycles. The van der Waals surface area contributed by atoms with Gasteiger partial charge in [-0.3, -0.25) is 4.98 Å². The predicted molar refractivity (Wildman–Crippen MR) is 126 cm³/mol. The third kappa shape index (κ3) is 6.32. The number of nitrogens with zero attached hydrogens (tertiary/aromatic N) is 3. The normalized spacial score (nSPS) is 11.8. The van der Waals surface area contributed by atoms with Crippen molar-refractivity contribution in [2.24, 2.45) is 0 Å². The number of alkyl carbamates (subject to hydrolysis) is 1. The second-order valence-corrected chi connectivity index (χ2v) is 9.46. The van der Waals surface area contributed by atoms with E-state index in [2.05, 4.69) is 33.2 Å². The van der Waals surface area contributed by atoms with Crippen LogP contribution in [0, 0.1) is 0 Å². The quantitative estimate of drug-likeness (QED) is 0.405. The van der Waals surface area contributed by atoms with Crippen LogP contribution in [0.15, 0.2) is 28.9 Å². The Balaban J connectivity index is 1.67. The van der Waals surface area contributed by atoms with Crippen molar-refractivity contribution in [3.05, 3.63) is 34.7 Å². The highest BCUT2D eigenvalue weighted by molar-refractivity contribution is 9.10. The molecule has 0 aliphatic heterocycles. The molecular weight excluding hydrogens is 460 g/mol. The Morgan fingerprint density at radius 2 is 2.00 bits per heavy atom. The van der Waals surface area contributed by atoms with E-state index in [1.54, 1.807) is 0 Å². The highest BCUT2D eigenvalue weighted by Gasteiger charge is 2.17. The van der Waals surface area contributed by atoms with Gasteiger partial charge in [-0.15, -0.1) is 0 Å². The summed E-state index contributed by atoms with van der Waals surface area (Å²) < 4.78 is 8.12. The first-order chi connectivity index (χ1) is 14.8. The van der Waals surface area contributed by atoms with Crippen molar-refractivity contribution >= 4 is 44.0 Å². The van der Waals surface area contributed by atoms with Gasteiger partial charge in [-0.05, 0) is 58.2 Å². The fourth-order valence-electron chi connectivity index (χ4n) is 3.27. The zero-order valence-corrected chi connectivity index (χ0v) is 20.3. The molecule has 0 aliphatic carbocycles. The van der Waals surface area contributed by atoms with Gasteiger partial charge in [0.15, 0.2) is 0 Å². The first kappa shape index (κ1) is 23.3. The number of carbonyl (C=O) groups is 1. The Morgan fingerprint density at radius 1 is 1.19 bits per heavy atom. The molecule has 0 aliphatic rings. The summed E-state index contributed by atoms with van der Waals surface area (Å²) in [5.41, 5.74) is 2.20. The molecule has 1 aromatic carbocycles. The fourth-order valence-corrected chi connectivity index (χ4v) is 3.62. The van der Waals surface area contributed by atoms with Crippen molar-refractivity contribution in [1.29, 1.82) is 0 Å². The van der Waals surface area contributed by atoms with Gasteiger partial charge in [0.2, 0.25) is 0 Å². The molecule has 0 saturated heterocycles. The minimum atomic E-state index is -0.488. The number of aromatic nitrogens is 3. The lowest BCUT2D eigenvalue weighted by atomic mass is 10.2. The molecule has 3 aromatic rings.